The van der Waals surface area contributed by atoms with Crippen LogP contribution in [-0.4, -0.2) is 48.7 Å². The molecule has 0 radical (unpaired) electrons. The van der Waals surface area contributed by atoms with Crippen LogP contribution in [-0.2, 0) is 23.7 Å². The lowest BCUT2D eigenvalue weighted by molar-refractivity contribution is -0.300. The maximum atomic E-state index is 11.7. The predicted molar refractivity (Wildman–Crippen MR) is 75.8 cm³/mol. The minimum atomic E-state index is -0.762. The summed E-state index contributed by atoms with van der Waals surface area (Å²) in [6.45, 7) is 4.19. The summed E-state index contributed by atoms with van der Waals surface area (Å²) in [6, 6.07) is 1.52. The Morgan fingerprint density at radius 3 is 2.77 bits per heavy atom. The van der Waals surface area contributed by atoms with Crippen molar-refractivity contribution in [3.63, 3.8) is 0 Å². The van der Waals surface area contributed by atoms with Crippen molar-refractivity contribution in [1.82, 2.24) is 9.55 Å². The van der Waals surface area contributed by atoms with Gasteiger partial charge in [0.15, 0.2) is 12.5 Å². The van der Waals surface area contributed by atoms with Gasteiger partial charge in [0.25, 0.3) is 6.48 Å². The molecule has 9 nitrogen and oxygen atoms in total. The fourth-order valence-electron chi connectivity index (χ4n) is 1.90. The molecule has 0 aliphatic carbocycles. The van der Waals surface area contributed by atoms with Gasteiger partial charge in [0, 0.05) is 19.4 Å². The zero-order chi connectivity index (χ0) is 15.9. The first kappa shape index (κ1) is 16.8. The number of nitrogens with zero attached hydrogens (tertiary/aromatic N) is 2. The van der Waals surface area contributed by atoms with Crippen LogP contribution in [0.3, 0.4) is 0 Å². The van der Waals surface area contributed by atoms with Gasteiger partial charge in [-0.3, -0.25) is 4.57 Å². The van der Waals surface area contributed by atoms with Crippen LogP contribution in [0, 0.1) is 0 Å². The third kappa shape index (κ3) is 4.49. The Balaban J connectivity index is 1.86. The van der Waals surface area contributed by atoms with E-state index in [9.17, 15) is 4.79 Å². The molecule has 1 aromatic heterocycles. The summed E-state index contributed by atoms with van der Waals surface area (Å²) in [6.07, 6.45) is 0.343. The van der Waals surface area contributed by atoms with Crippen molar-refractivity contribution in [3.05, 3.63) is 22.7 Å². The molecule has 2 atom stereocenters. The molecule has 1 aliphatic rings. The van der Waals surface area contributed by atoms with Gasteiger partial charge in [0.2, 0.25) is 0 Å². The third-order valence-electron chi connectivity index (χ3n) is 2.87. The molecular weight excluding hydrogens is 294 g/mol. The molecule has 1 fully saturated rings. The second kappa shape index (κ2) is 8.20. The number of anilines is 1. The van der Waals surface area contributed by atoms with Crippen molar-refractivity contribution in [2.75, 3.05) is 32.2 Å². The standard InChI is InChI=1S/C13H21N3O6/c1-3-18-13(19-4-2)21-8-11-20-7-10(22-11)16-6-5-9(14)15-12(16)17/h5-6,10-11,13H,3-4,7-8H2,1-2H3,(H2,14,15,17). The molecular formula is C13H21N3O6. The molecule has 2 N–H and O–H groups in total. The molecule has 22 heavy (non-hydrogen) atoms. The predicted octanol–water partition coefficient (Wildman–Crippen LogP) is 0.0702. The second-order valence-corrected chi connectivity index (χ2v) is 4.43. The van der Waals surface area contributed by atoms with Crippen LogP contribution in [0.1, 0.15) is 20.1 Å². The minimum Gasteiger partial charge on any atom is -0.383 e. The van der Waals surface area contributed by atoms with Gasteiger partial charge in [-0.25, -0.2) is 4.79 Å². The van der Waals surface area contributed by atoms with Crippen molar-refractivity contribution >= 4 is 5.82 Å². The van der Waals surface area contributed by atoms with Crippen LogP contribution in [0.15, 0.2) is 17.1 Å². The summed E-state index contributed by atoms with van der Waals surface area (Å²) in [5.74, 6) is 0.163. The van der Waals surface area contributed by atoms with Crippen molar-refractivity contribution in [2.24, 2.45) is 0 Å². The average molecular weight is 315 g/mol. The summed E-state index contributed by atoms with van der Waals surface area (Å²) in [4.78, 5) is 15.4. The van der Waals surface area contributed by atoms with E-state index in [2.05, 4.69) is 4.98 Å². The molecule has 1 aromatic rings. The van der Waals surface area contributed by atoms with Gasteiger partial charge in [0.05, 0.1) is 6.61 Å². The van der Waals surface area contributed by atoms with Crippen molar-refractivity contribution in [2.45, 2.75) is 32.8 Å². The Bertz CT molecular complexity index is 517. The average Bonchev–Trinajstić information content (AvgIpc) is 2.94. The molecule has 0 saturated carbocycles. The van der Waals surface area contributed by atoms with E-state index in [0.29, 0.717) is 13.2 Å². The van der Waals surface area contributed by atoms with Gasteiger partial charge in [0.1, 0.15) is 12.4 Å². The Kier molecular flexibility index (Phi) is 6.28. The lowest BCUT2D eigenvalue weighted by atomic mass is 10.5. The van der Waals surface area contributed by atoms with Crippen molar-refractivity contribution < 1.29 is 23.7 Å². The largest absolute Gasteiger partial charge is 0.383 e. The lowest BCUT2D eigenvalue weighted by Gasteiger charge is -2.19. The lowest BCUT2D eigenvalue weighted by Crippen LogP contribution is -2.29. The van der Waals surface area contributed by atoms with E-state index in [-0.39, 0.29) is 19.0 Å². The molecule has 2 rings (SSSR count). The smallest absolute Gasteiger partial charge is 0.351 e. The van der Waals surface area contributed by atoms with Crippen LogP contribution in [0.4, 0.5) is 5.82 Å². The minimum absolute atomic E-state index is 0.123. The highest BCUT2D eigenvalue weighted by molar-refractivity contribution is 5.23. The van der Waals surface area contributed by atoms with Crippen LogP contribution in [0.25, 0.3) is 0 Å². The Morgan fingerprint density at radius 1 is 1.41 bits per heavy atom. The Morgan fingerprint density at radius 2 is 2.14 bits per heavy atom. The zero-order valence-electron chi connectivity index (χ0n) is 12.6. The van der Waals surface area contributed by atoms with Crippen molar-refractivity contribution in [3.8, 4) is 0 Å². The van der Waals surface area contributed by atoms with Crippen LogP contribution >= 0.6 is 0 Å². The molecule has 9 heteroatoms. The van der Waals surface area contributed by atoms with E-state index in [1.807, 2.05) is 13.8 Å². The first-order chi connectivity index (χ1) is 10.6. The molecule has 2 heterocycles. The molecule has 124 valence electrons. The van der Waals surface area contributed by atoms with E-state index < -0.39 is 24.7 Å². The van der Waals surface area contributed by atoms with Gasteiger partial charge < -0.3 is 29.4 Å². The van der Waals surface area contributed by atoms with Gasteiger partial charge >= 0.3 is 5.69 Å². The zero-order valence-corrected chi connectivity index (χ0v) is 12.6. The number of hydrogen-bond acceptors (Lipinski definition) is 8. The van der Waals surface area contributed by atoms with E-state index >= 15 is 0 Å². The summed E-state index contributed by atoms with van der Waals surface area (Å²) in [5, 5.41) is 0. The third-order valence-corrected chi connectivity index (χ3v) is 2.87. The number of rotatable bonds is 8. The molecule has 0 amide bonds. The maximum Gasteiger partial charge on any atom is 0.351 e. The number of aromatic nitrogens is 2. The molecule has 0 bridgehead atoms. The molecule has 1 aliphatic heterocycles. The normalized spacial score (nSPS) is 21.6. The van der Waals surface area contributed by atoms with Crippen LogP contribution in [0.2, 0.25) is 0 Å². The number of nitrogens with two attached hydrogens (primary N) is 1. The SMILES string of the molecule is CCOC(OCC)OCC1OCC(n2ccc(N)nc2=O)O1. The van der Waals surface area contributed by atoms with Gasteiger partial charge in [-0.05, 0) is 19.9 Å². The first-order valence-electron chi connectivity index (χ1n) is 7.10. The summed E-state index contributed by atoms with van der Waals surface area (Å²) in [7, 11) is 0. The summed E-state index contributed by atoms with van der Waals surface area (Å²) in [5.41, 5.74) is 4.96. The van der Waals surface area contributed by atoms with E-state index in [4.69, 9.17) is 29.4 Å². The van der Waals surface area contributed by atoms with Crippen LogP contribution < -0.4 is 11.4 Å². The van der Waals surface area contributed by atoms with E-state index in [1.165, 1.54) is 16.8 Å². The summed E-state index contributed by atoms with van der Waals surface area (Å²) < 4.78 is 28.3. The van der Waals surface area contributed by atoms with Gasteiger partial charge in [-0.2, -0.15) is 4.98 Å². The first-order valence-corrected chi connectivity index (χ1v) is 7.10. The molecule has 0 aromatic carbocycles. The van der Waals surface area contributed by atoms with Gasteiger partial charge in [-0.1, -0.05) is 0 Å². The Hall–Kier alpha value is -1.52. The monoisotopic (exact) mass is 315 g/mol. The Labute approximate surface area is 127 Å². The highest BCUT2D eigenvalue weighted by atomic mass is 16.9. The maximum absolute atomic E-state index is 11.7. The fraction of sp³-hybridized carbons (Fsp3) is 0.692. The summed E-state index contributed by atoms with van der Waals surface area (Å²) >= 11 is 0. The quantitative estimate of drug-likeness (QED) is 0.672. The van der Waals surface area contributed by atoms with E-state index in [1.54, 1.807) is 0 Å². The highest BCUT2D eigenvalue weighted by Gasteiger charge is 2.29. The number of ether oxygens (including phenoxy) is 5. The number of nitrogen functional groups attached to an aromatic ring is 1. The van der Waals surface area contributed by atoms with E-state index in [0.717, 1.165) is 0 Å². The molecule has 2 unspecified atom stereocenters. The fourth-order valence-corrected chi connectivity index (χ4v) is 1.90. The van der Waals surface area contributed by atoms with Gasteiger partial charge in [-0.15, -0.1) is 0 Å². The second-order valence-electron chi connectivity index (χ2n) is 4.43. The topological polar surface area (TPSA) is 107 Å². The van der Waals surface area contributed by atoms with Crippen molar-refractivity contribution in [1.29, 1.82) is 0 Å². The number of hydrogen-bond donors (Lipinski definition) is 1. The highest BCUT2D eigenvalue weighted by Crippen LogP contribution is 2.20. The molecule has 0 spiro atoms. The van der Waals surface area contributed by atoms with Crippen LogP contribution in [0.5, 0.6) is 0 Å². The molecule has 1 saturated heterocycles.